The molecule has 4 rings (SSSR count). The van der Waals surface area contributed by atoms with Crippen molar-refractivity contribution in [3.05, 3.63) is 36.3 Å². The van der Waals surface area contributed by atoms with Crippen molar-refractivity contribution in [2.45, 2.75) is 31.7 Å². The minimum atomic E-state index is -0.0834. The van der Waals surface area contributed by atoms with Gasteiger partial charge in [0.15, 0.2) is 0 Å². The molecule has 0 radical (unpaired) electrons. The standard InChI is InChI=1S/C16H16ClN3/c1-10(17)16-19-14-8-18-13-5-3-2-4-12(13)15(14)20(16)9-11-6-7-11/h2-5,8,10-11H,6-7,9H2,1H3. The van der Waals surface area contributed by atoms with E-state index in [0.717, 1.165) is 29.3 Å². The van der Waals surface area contributed by atoms with Crippen molar-refractivity contribution in [1.82, 2.24) is 14.5 Å². The highest BCUT2D eigenvalue weighted by atomic mass is 35.5. The highest BCUT2D eigenvalue weighted by molar-refractivity contribution is 6.20. The number of pyridine rings is 1. The van der Waals surface area contributed by atoms with Crippen molar-refractivity contribution in [2.75, 3.05) is 0 Å². The van der Waals surface area contributed by atoms with E-state index in [1.807, 2.05) is 25.3 Å². The van der Waals surface area contributed by atoms with Crippen molar-refractivity contribution >= 4 is 33.5 Å². The van der Waals surface area contributed by atoms with Gasteiger partial charge >= 0.3 is 0 Å². The maximum atomic E-state index is 6.33. The number of hydrogen-bond acceptors (Lipinski definition) is 2. The first-order valence-corrected chi connectivity index (χ1v) is 7.55. The summed E-state index contributed by atoms with van der Waals surface area (Å²) in [6.45, 7) is 3.01. The summed E-state index contributed by atoms with van der Waals surface area (Å²) >= 11 is 6.33. The van der Waals surface area contributed by atoms with Crippen LogP contribution < -0.4 is 0 Å². The average molecular weight is 286 g/mol. The van der Waals surface area contributed by atoms with E-state index in [9.17, 15) is 0 Å². The van der Waals surface area contributed by atoms with Crippen LogP contribution in [-0.4, -0.2) is 14.5 Å². The lowest BCUT2D eigenvalue weighted by Gasteiger charge is -2.10. The summed E-state index contributed by atoms with van der Waals surface area (Å²) in [5.74, 6) is 1.75. The van der Waals surface area contributed by atoms with Crippen LogP contribution in [0.25, 0.3) is 21.9 Å². The number of rotatable bonds is 3. The van der Waals surface area contributed by atoms with Gasteiger partial charge in [-0.25, -0.2) is 4.98 Å². The lowest BCUT2D eigenvalue weighted by molar-refractivity contribution is 0.611. The Morgan fingerprint density at radius 1 is 1.30 bits per heavy atom. The Morgan fingerprint density at radius 2 is 2.10 bits per heavy atom. The maximum Gasteiger partial charge on any atom is 0.127 e. The molecule has 3 nitrogen and oxygen atoms in total. The molecule has 1 aliphatic rings. The van der Waals surface area contributed by atoms with Crippen molar-refractivity contribution in [3.63, 3.8) is 0 Å². The quantitative estimate of drug-likeness (QED) is 0.672. The van der Waals surface area contributed by atoms with Crippen LogP contribution in [0.5, 0.6) is 0 Å². The molecule has 4 heteroatoms. The lowest BCUT2D eigenvalue weighted by atomic mass is 10.2. The second-order valence-corrected chi connectivity index (χ2v) is 6.30. The Balaban J connectivity index is 2.06. The van der Waals surface area contributed by atoms with Gasteiger partial charge in [0.2, 0.25) is 0 Å². The predicted octanol–water partition coefficient (Wildman–Crippen LogP) is 4.29. The van der Waals surface area contributed by atoms with Crippen LogP contribution in [0.3, 0.4) is 0 Å². The SMILES string of the molecule is CC(Cl)c1nc2cnc3ccccc3c2n1CC1CC1. The summed E-state index contributed by atoms with van der Waals surface area (Å²) < 4.78 is 2.31. The number of nitrogens with zero attached hydrogens (tertiary/aromatic N) is 3. The highest BCUT2D eigenvalue weighted by Gasteiger charge is 2.26. The van der Waals surface area contributed by atoms with Crippen LogP contribution in [0.1, 0.15) is 31.0 Å². The number of para-hydroxylation sites is 1. The molecule has 1 unspecified atom stereocenters. The van der Waals surface area contributed by atoms with Gasteiger partial charge in [-0.15, -0.1) is 11.6 Å². The van der Waals surface area contributed by atoms with E-state index < -0.39 is 0 Å². The molecule has 2 aromatic heterocycles. The van der Waals surface area contributed by atoms with E-state index in [2.05, 4.69) is 21.7 Å². The fraction of sp³-hybridized carbons (Fsp3) is 0.375. The molecule has 0 saturated heterocycles. The minimum Gasteiger partial charge on any atom is -0.326 e. The smallest absolute Gasteiger partial charge is 0.127 e. The van der Waals surface area contributed by atoms with E-state index in [1.54, 1.807) is 0 Å². The first kappa shape index (κ1) is 12.2. The molecule has 3 aromatic rings. The zero-order chi connectivity index (χ0) is 13.7. The van der Waals surface area contributed by atoms with Gasteiger partial charge in [-0.05, 0) is 31.7 Å². The Hall–Kier alpha value is -1.61. The Labute approximate surface area is 122 Å². The third-order valence-electron chi connectivity index (χ3n) is 4.00. The van der Waals surface area contributed by atoms with Crippen molar-refractivity contribution in [1.29, 1.82) is 0 Å². The molecule has 1 fully saturated rings. The summed E-state index contributed by atoms with van der Waals surface area (Å²) in [5, 5.41) is 1.08. The van der Waals surface area contributed by atoms with E-state index in [1.165, 1.54) is 23.7 Å². The minimum absolute atomic E-state index is 0.0834. The highest BCUT2D eigenvalue weighted by Crippen LogP contribution is 2.35. The number of alkyl halides is 1. The van der Waals surface area contributed by atoms with Crippen LogP contribution in [0.15, 0.2) is 30.5 Å². The summed E-state index contributed by atoms with van der Waals surface area (Å²) in [5.41, 5.74) is 3.16. The van der Waals surface area contributed by atoms with Crippen LogP contribution in [-0.2, 0) is 6.54 Å². The van der Waals surface area contributed by atoms with Crippen LogP contribution >= 0.6 is 11.6 Å². The second-order valence-electron chi connectivity index (χ2n) is 5.65. The fourth-order valence-corrected chi connectivity index (χ4v) is 2.99. The third-order valence-corrected chi connectivity index (χ3v) is 4.20. The van der Waals surface area contributed by atoms with E-state index in [0.29, 0.717) is 0 Å². The molecule has 0 spiro atoms. The number of aromatic nitrogens is 3. The van der Waals surface area contributed by atoms with Gasteiger partial charge < -0.3 is 4.57 Å². The van der Waals surface area contributed by atoms with Gasteiger partial charge in [0, 0.05) is 11.9 Å². The van der Waals surface area contributed by atoms with Crippen molar-refractivity contribution in [3.8, 4) is 0 Å². The molecule has 0 bridgehead atoms. The maximum absolute atomic E-state index is 6.33. The summed E-state index contributed by atoms with van der Waals surface area (Å²) in [7, 11) is 0. The topological polar surface area (TPSA) is 30.7 Å². The summed E-state index contributed by atoms with van der Waals surface area (Å²) in [6, 6.07) is 8.25. The van der Waals surface area contributed by atoms with Crippen molar-refractivity contribution < 1.29 is 0 Å². The first-order chi connectivity index (χ1) is 9.74. The zero-order valence-electron chi connectivity index (χ0n) is 11.4. The molecule has 102 valence electrons. The van der Waals surface area contributed by atoms with E-state index in [4.69, 9.17) is 16.6 Å². The van der Waals surface area contributed by atoms with Crippen LogP contribution in [0.4, 0.5) is 0 Å². The Kier molecular flexibility index (Phi) is 2.71. The number of fused-ring (bicyclic) bond motifs is 3. The van der Waals surface area contributed by atoms with Gasteiger partial charge in [0.1, 0.15) is 11.3 Å². The lowest BCUT2D eigenvalue weighted by Crippen LogP contribution is -2.06. The molecule has 20 heavy (non-hydrogen) atoms. The molecule has 1 aliphatic carbocycles. The number of halogens is 1. The van der Waals surface area contributed by atoms with Gasteiger partial charge in [0.05, 0.1) is 22.6 Å². The normalized spacial score (nSPS) is 16.9. The fourth-order valence-electron chi connectivity index (χ4n) is 2.83. The van der Waals surface area contributed by atoms with Crippen molar-refractivity contribution in [2.24, 2.45) is 5.92 Å². The molecule has 1 aromatic carbocycles. The van der Waals surface area contributed by atoms with Gasteiger partial charge in [-0.3, -0.25) is 4.98 Å². The molecule has 1 saturated carbocycles. The molecule has 0 aliphatic heterocycles. The molecular weight excluding hydrogens is 270 g/mol. The predicted molar refractivity (Wildman–Crippen MR) is 82.0 cm³/mol. The van der Waals surface area contributed by atoms with Crippen LogP contribution in [0, 0.1) is 5.92 Å². The third kappa shape index (κ3) is 1.88. The molecule has 0 amide bonds. The van der Waals surface area contributed by atoms with Crippen LogP contribution in [0.2, 0.25) is 0 Å². The molecular formula is C16H16ClN3. The molecule has 1 atom stereocenters. The average Bonchev–Trinajstić information content (AvgIpc) is 3.18. The molecule has 2 heterocycles. The monoisotopic (exact) mass is 285 g/mol. The molecule has 0 N–H and O–H groups in total. The Bertz CT molecular complexity index is 787. The number of benzene rings is 1. The first-order valence-electron chi connectivity index (χ1n) is 7.12. The zero-order valence-corrected chi connectivity index (χ0v) is 12.1. The van der Waals surface area contributed by atoms with Gasteiger partial charge in [-0.1, -0.05) is 18.2 Å². The summed E-state index contributed by atoms with van der Waals surface area (Å²) in [4.78, 5) is 9.21. The summed E-state index contributed by atoms with van der Waals surface area (Å²) in [6.07, 6.45) is 4.50. The van der Waals surface area contributed by atoms with E-state index in [-0.39, 0.29) is 5.38 Å². The second kappa shape index (κ2) is 4.45. The van der Waals surface area contributed by atoms with Gasteiger partial charge in [0.25, 0.3) is 0 Å². The van der Waals surface area contributed by atoms with E-state index >= 15 is 0 Å². The largest absolute Gasteiger partial charge is 0.326 e. The number of hydrogen-bond donors (Lipinski definition) is 0. The Morgan fingerprint density at radius 3 is 2.85 bits per heavy atom. The van der Waals surface area contributed by atoms with Gasteiger partial charge in [-0.2, -0.15) is 0 Å². The number of imidazole rings is 1.